The number of fused-ring (bicyclic) bond motifs is 2. The van der Waals surface area contributed by atoms with Crippen molar-refractivity contribution in [2.45, 2.75) is 12.8 Å². The van der Waals surface area contributed by atoms with E-state index in [0.717, 1.165) is 42.4 Å². The summed E-state index contributed by atoms with van der Waals surface area (Å²) >= 11 is 0. The number of aromatic nitrogens is 7. The molecular weight excluding hydrogens is 521 g/mol. The van der Waals surface area contributed by atoms with Crippen LogP contribution in [-0.2, 0) is 4.79 Å². The number of H-pyrrole nitrogens is 2. The second-order valence-electron chi connectivity index (χ2n) is 10.3. The zero-order chi connectivity index (χ0) is 27.9. The molecule has 0 radical (unpaired) electrons. The van der Waals surface area contributed by atoms with Gasteiger partial charge in [-0.25, -0.2) is 19.3 Å². The van der Waals surface area contributed by atoms with Crippen molar-refractivity contribution in [3.05, 3.63) is 73.1 Å². The van der Waals surface area contributed by atoms with Gasteiger partial charge in [0.1, 0.15) is 11.5 Å². The Morgan fingerprint density at radius 2 is 1.83 bits per heavy atom. The van der Waals surface area contributed by atoms with Gasteiger partial charge in [0.2, 0.25) is 5.91 Å². The molecular formula is C30H26FN9O. The monoisotopic (exact) mass is 547 g/mol. The highest BCUT2D eigenvalue weighted by atomic mass is 19.1. The molecule has 11 heteroatoms. The van der Waals surface area contributed by atoms with Crippen molar-refractivity contribution in [2.75, 3.05) is 25.5 Å². The summed E-state index contributed by atoms with van der Waals surface area (Å²) in [6.07, 6.45) is 8.42. The van der Waals surface area contributed by atoms with Crippen molar-refractivity contribution in [3.63, 3.8) is 0 Å². The SMILES string of the molecule is CN1CCC(C(=O)Nc2cncc(-c3cnc4n[nH]c(-c5nc6nccc(-c7ccccc7F)c6[nH]5)c4c3)c2)CC1. The first-order chi connectivity index (χ1) is 20.0. The van der Waals surface area contributed by atoms with Crippen molar-refractivity contribution in [1.29, 1.82) is 0 Å². The molecule has 6 aromatic rings. The third kappa shape index (κ3) is 4.70. The lowest BCUT2D eigenvalue weighted by atomic mass is 9.96. The number of likely N-dealkylation sites (tertiary alicyclic amines) is 1. The van der Waals surface area contributed by atoms with E-state index in [1.54, 1.807) is 49.1 Å². The Labute approximate surface area is 234 Å². The number of carbonyl (C=O) groups excluding carboxylic acids is 1. The second kappa shape index (κ2) is 10.2. The van der Waals surface area contributed by atoms with Crippen molar-refractivity contribution in [2.24, 2.45) is 5.92 Å². The molecule has 10 nitrogen and oxygen atoms in total. The first kappa shape index (κ1) is 25.0. The molecule has 3 N–H and O–H groups in total. The van der Waals surface area contributed by atoms with E-state index in [1.807, 2.05) is 12.1 Å². The number of carbonyl (C=O) groups is 1. The number of rotatable bonds is 5. The van der Waals surface area contributed by atoms with Crippen LogP contribution in [0, 0.1) is 11.7 Å². The van der Waals surface area contributed by atoms with Gasteiger partial charge in [0.05, 0.1) is 22.8 Å². The van der Waals surface area contributed by atoms with Crippen LogP contribution in [0.3, 0.4) is 0 Å². The van der Waals surface area contributed by atoms with Gasteiger partial charge in [0.25, 0.3) is 0 Å². The zero-order valence-corrected chi connectivity index (χ0v) is 22.2. The van der Waals surface area contributed by atoms with Crippen LogP contribution < -0.4 is 5.32 Å². The smallest absolute Gasteiger partial charge is 0.227 e. The molecule has 0 aliphatic carbocycles. The van der Waals surface area contributed by atoms with Gasteiger partial charge in [0, 0.05) is 46.8 Å². The number of aromatic amines is 2. The third-order valence-corrected chi connectivity index (χ3v) is 7.63. The number of halogens is 1. The average molecular weight is 548 g/mol. The molecule has 1 saturated heterocycles. The summed E-state index contributed by atoms with van der Waals surface area (Å²) in [7, 11) is 2.08. The van der Waals surface area contributed by atoms with Crippen LogP contribution in [-0.4, -0.2) is 66.1 Å². The van der Waals surface area contributed by atoms with Crippen molar-refractivity contribution in [1.82, 2.24) is 40.0 Å². The largest absolute Gasteiger partial charge is 0.335 e. The van der Waals surface area contributed by atoms with Crippen LogP contribution in [0.1, 0.15) is 12.8 Å². The summed E-state index contributed by atoms with van der Waals surface area (Å²) in [6.45, 7) is 1.84. The number of imidazole rings is 1. The van der Waals surface area contributed by atoms with Gasteiger partial charge in [0.15, 0.2) is 17.1 Å². The van der Waals surface area contributed by atoms with Crippen LogP contribution in [0.5, 0.6) is 0 Å². The van der Waals surface area contributed by atoms with E-state index in [1.165, 1.54) is 6.07 Å². The van der Waals surface area contributed by atoms with Crippen LogP contribution in [0.15, 0.2) is 67.3 Å². The summed E-state index contributed by atoms with van der Waals surface area (Å²) in [5.74, 6) is 0.208. The Hall–Kier alpha value is -5.03. The molecule has 41 heavy (non-hydrogen) atoms. The molecule has 1 aliphatic heterocycles. The third-order valence-electron chi connectivity index (χ3n) is 7.63. The molecule has 1 aliphatic rings. The van der Waals surface area contributed by atoms with Crippen LogP contribution in [0.4, 0.5) is 10.1 Å². The molecule has 0 atom stereocenters. The standard InChI is InChI=1S/C30H26FN9O/c1-40-10-7-17(8-11-40)30(41)35-20-12-18(14-32-16-20)19-13-23-26(38-39-27(23)34-15-19)29-36-25-22(6-9-33-28(25)37-29)21-4-2-3-5-24(21)31/h2-6,9,12-17H,7-8,10-11H2,1H3,(H,35,41)(H,33,36,37)(H,34,38,39). The molecule has 7 rings (SSSR count). The predicted molar refractivity (Wildman–Crippen MR) is 154 cm³/mol. The van der Waals surface area contributed by atoms with E-state index < -0.39 is 0 Å². The fourth-order valence-electron chi connectivity index (χ4n) is 5.35. The molecule has 0 unspecified atom stereocenters. The number of hydrogen-bond donors (Lipinski definition) is 3. The van der Waals surface area contributed by atoms with E-state index in [4.69, 9.17) is 0 Å². The van der Waals surface area contributed by atoms with Gasteiger partial charge in [-0.15, -0.1) is 0 Å². The van der Waals surface area contributed by atoms with E-state index in [-0.39, 0.29) is 17.6 Å². The van der Waals surface area contributed by atoms with E-state index in [2.05, 4.69) is 52.4 Å². The second-order valence-corrected chi connectivity index (χ2v) is 10.3. The Balaban J connectivity index is 1.21. The van der Waals surface area contributed by atoms with Crippen LogP contribution in [0.25, 0.3) is 56.0 Å². The number of benzene rings is 1. The summed E-state index contributed by atoms with van der Waals surface area (Å²) in [6, 6.07) is 12.2. The lowest BCUT2D eigenvalue weighted by Crippen LogP contribution is -2.35. The Morgan fingerprint density at radius 3 is 2.68 bits per heavy atom. The molecule has 204 valence electrons. The van der Waals surface area contributed by atoms with E-state index in [0.29, 0.717) is 45.1 Å². The van der Waals surface area contributed by atoms with Crippen LogP contribution in [0.2, 0.25) is 0 Å². The maximum Gasteiger partial charge on any atom is 0.227 e. The lowest BCUT2D eigenvalue weighted by Gasteiger charge is -2.28. The molecule has 1 fully saturated rings. The summed E-state index contributed by atoms with van der Waals surface area (Å²) in [5.41, 5.74) is 5.62. The number of amides is 1. The molecule has 1 amide bonds. The average Bonchev–Trinajstić information content (AvgIpc) is 3.62. The van der Waals surface area contributed by atoms with E-state index >= 15 is 0 Å². The number of hydrogen-bond acceptors (Lipinski definition) is 7. The number of pyridine rings is 3. The fraction of sp³-hybridized carbons (Fsp3) is 0.200. The quantitative estimate of drug-likeness (QED) is 0.276. The Morgan fingerprint density at radius 1 is 1.00 bits per heavy atom. The molecule has 1 aromatic carbocycles. The topological polar surface area (TPSA) is 128 Å². The predicted octanol–water partition coefficient (Wildman–Crippen LogP) is 5.04. The van der Waals surface area contributed by atoms with Gasteiger partial charge < -0.3 is 15.2 Å². The first-order valence-electron chi connectivity index (χ1n) is 13.4. The fourth-order valence-corrected chi connectivity index (χ4v) is 5.35. The zero-order valence-electron chi connectivity index (χ0n) is 22.2. The highest BCUT2D eigenvalue weighted by Crippen LogP contribution is 2.33. The number of anilines is 1. The summed E-state index contributed by atoms with van der Waals surface area (Å²) in [5, 5.41) is 11.2. The molecule has 0 saturated carbocycles. The Kier molecular flexibility index (Phi) is 6.20. The minimum Gasteiger partial charge on any atom is -0.335 e. The van der Waals surface area contributed by atoms with Gasteiger partial charge in [-0.3, -0.25) is 14.9 Å². The minimum atomic E-state index is -0.324. The highest BCUT2D eigenvalue weighted by Gasteiger charge is 2.23. The van der Waals surface area contributed by atoms with Gasteiger partial charge in [-0.1, -0.05) is 18.2 Å². The maximum absolute atomic E-state index is 14.6. The first-order valence-corrected chi connectivity index (χ1v) is 13.4. The van der Waals surface area contributed by atoms with Crippen molar-refractivity contribution >= 4 is 33.8 Å². The van der Waals surface area contributed by atoms with Gasteiger partial charge >= 0.3 is 0 Å². The summed E-state index contributed by atoms with van der Waals surface area (Å²) < 4.78 is 14.6. The highest BCUT2D eigenvalue weighted by molar-refractivity contribution is 5.97. The lowest BCUT2D eigenvalue weighted by molar-refractivity contribution is -0.121. The number of piperidine rings is 1. The van der Waals surface area contributed by atoms with Crippen LogP contribution >= 0.6 is 0 Å². The minimum absolute atomic E-state index is 0.00133. The molecule has 0 spiro atoms. The maximum atomic E-state index is 14.6. The number of nitrogens with one attached hydrogen (secondary N) is 3. The van der Waals surface area contributed by atoms with Crippen molar-refractivity contribution < 1.29 is 9.18 Å². The molecule has 6 heterocycles. The van der Waals surface area contributed by atoms with Crippen molar-refractivity contribution in [3.8, 4) is 33.8 Å². The molecule has 5 aromatic heterocycles. The summed E-state index contributed by atoms with van der Waals surface area (Å²) in [4.78, 5) is 36.3. The van der Waals surface area contributed by atoms with E-state index in [9.17, 15) is 9.18 Å². The molecule has 0 bridgehead atoms. The van der Waals surface area contributed by atoms with Gasteiger partial charge in [-0.2, -0.15) is 5.10 Å². The number of nitrogens with zero attached hydrogens (tertiary/aromatic N) is 6. The Bertz CT molecular complexity index is 1910. The normalized spacial score (nSPS) is 14.6. The van der Waals surface area contributed by atoms with Gasteiger partial charge in [-0.05, 0) is 57.2 Å².